The molecule has 4 nitrogen and oxygen atoms in total. The Labute approximate surface area is 121 Å². The summed E-state index contributed by atoms with van der Waals surface area (Å²) in [4.78, 5) is 13.1. The third-order valence-electron chi connectivity index (χ3n) is 4.34. The van der Waals surface area contributed by atoms with Crippen molar-refractivity contribution in [2.45, 2.75) is 50.6 Å². The number of nitrogens with zero attached hydrogens (tertiary/aromatic N) is 1. The number of rotatable bonds is 3. The van der Waals surface area contributed by atoms with Gasteiger partial charge >= 0.3 is 5.97 Å². The fraction of sp³-hybridized carbons (Fsp3) is 0.533. The van der Waals surface area contributed by atoms with Gasteiger partial charge in [0.05, 0.1) is 12.2 Å². The lowest BCUT2D eigenvalue weighted by Gasteiger charge is -2.27. The van der Waals surface area contributed by atoms with E-state index in [9.17, 15) is 18.7 Å². The maximum atomic E-state index is 13.8. The highest BCUT2D eigenvalue weighted by Gasteiger charge is 2.49. The standard InChI is InChI=1S/C15H17F2NO3/c1-8-4-12-14(21-8)6-13(15(19)20)18(12)7-9-5-10(16)2-3-11(9)17/h2-3,5,8,12-14H,4,6-7H2,1H3,(H,19,20)/t8-,12+,13+,14+/m1/s1. The van der Waals surface area contributed by atoms with Crippen LogP contribution in [-0.2, 0) is 16.1 Å². The Balaban J connectivity index is 1.86. The molecular formula is C15H17F2NO3. The predicted molar refractivity (Wildman–Crippen MR) is 70.7 cm³/mol. The van der Waals surface area contributed by atoms with Gasteiger partial charge in [-0.3, -0.25) is 9.69 Å². The van der Waals surface area contributed by atoms with Crippen LogP contribution in [0.5, 0.6) is 0 Å². The van der Waals surface area contributed by atoms with E-state index in [1.165, 1.54) is 0 Å². The summed E-state index contributed by atoms with van der Waals surface area (Å²) in [5.41, 5.74) is 0.182. The maximum absolute atomic E-state index is 13.8. The van der Waals surface area contributed by atoms with Crippen LogP contribution in [0.3, 0.4) is 0 Å². The van der Waals surface area contributed by atoms with E-state index < -0.39 is 23.6 Å². The van der Waals surface area contributed by atoms with Crippen LogP contribution in [0.15, 0.2) is 18.2 Å². The molecule has 4 atom stereocenters. The summed E-state index contributed by atoms with van der Waals surface area (Å²) in [5, 5.41) is 9.34. The Bertz CT molecular complexity index is 566. The average Bonchev–Trinajstić information content (AvgIpc) is 2.91. The lowest BCUT2D eigenvalue weighted by Crippen LogP contribution is -2.41. The highest BCUT2D eigenvalue weighted by Crippen LogP contribution is 2.37. The predicted octanol–water partition coefficient (Wildman–Crippen LogP) is 2.17. The first-order valence-corrected chi connectivity index (χ1v) is 7.03. The van der Waals surface area contributed by atoms with E-state index in [2.05, 4.69) is 0 Å². The van der Waals surface area contributed by atoms with Crippen LogP contribution in [0.25, 0.3) is 0 Å². The second-order valence-electron chi connectivity index (χ2n) is 5.79. The minimum absolute atomic E-state index is 0.0521. The molecule has 0 aliphatic carbocycles. The molecule has 114 valence electrons. The van der Waals surface area contributed by atoms with Crippen molar-refractivity contribution < 1.29 is 23.4 Å². The molecule has 21 heavy (non-hydrogen) atoms. The van der Waals surface area contributed by atoms with E-state index in [-0.39, 0.29) is 30.4 Å². The zero-order valence-electron chi connectivity index (χ0n) is 11.6. The van der Waals surface area contributed by atoms with Gasteiger partial charge in [0.2, 0.25) is 0 Å². The average molecular weight is 297 g/mol. The lowest BCUT2D eigenvalue weighted by atomic mass is 10.1. The molecule has 2 fully saturated rings. The van der Waals surface area contributed by atoms with Crippen molar-refractivity contribution in [2.75, 3.05) is 0 Å². The second-order valence-corrected chi connectivity index (χ2v) is 5.79. The van der Waals surface area contributed by atoms with Crippen molar-refractivity contribution in [2.24, 2.45) is 0 Å². The summed E-state index contributed by atoms with van der Waals surface area (Å²) in [6.07, 6.45) is 1.03. The number of ether oxygens (including phenoxy) is 1. The van der Waals surface area contributed by atoms with Crippen LogP contribution in [0, 0.1) is 11.6 Å². The van der Waals surface area contributed by atoms with E-state index in [1.54, 1.807) is 4.90 Å². The lowest BCUT2D eigenvalue weighted by molar-refractivity contribution is -0.143. The summed E-state index contributed by atoms with van der Waals surface area (Å²) < 4.78 is 32.8. The molecular weight excluding hydrogens is 280 g/mol. The monoisotopic (exact) mass is 297 g/mol. The fourth-order valence-electron chi connectivity index (χ4n) is 3.42. The summed E-state index contributed by atoms with van der Waals surface area (Å²) in [6, 6.07) is 2.49. The minimum Gasteiger partial charge on any atom is -0.480 e. The zero-order chi connectivity index (χ0) is 15.1. The van der Waals surface area contributed by atoms with Crippen molar-refractivity contribution >= 4 is 5.97 Å². The molecule has 3 rings (SSSR count). The molecule has 6 heteroatoms. The molecule has 2 aliphatic rings. The molecule has 2 aliphatic heterocycles. The molecule has 0 saturated carbocycles. The number of hydrogen-bond donors (Lipinski definition) is 1. The van der Waals surface area contributed by atoms with Gasteiger partial charge in [0.25, 0.3) is 0 Å². The van der Waals surface area contributed by atoms with Gasteiger partial charge in [0, 0.05) is 24.6 Å². The Hall–Kier alpha value is -1.53. The first-order valence-electron chi connectivity index (χ1n) is 7.03. The first-order chi connectivity index (χ1) is 9.95. The van der Waals surface area contributed by atoms with Crippen LogP contribution < -0.4 is 0 Å². The largest absolute Gasteiger partial charge is 0.480 e. The van der Waals surface area contributed by atoms with Crippen LogP contribution in [-0.4, -0.2) is 40.3 Å². The molecule has 1 aromatic rings. The molecule has 0 spiro atoms. The van der Waals surface area contributed by atoms with E-state index in [0.717, 1.165) is 18.2 Å². The fourth-order valence-corrected chi connectivity index (χ4v) is 3.42. The van der Waals surface area contributed by atoms with Crippen LogP contribution in [0.2, 0.25) is 0 Å². The van der Waals surface area contributed by atoms with Gasteiger partial charge in [-0.15, -0.1) is 0 Å². The topological polar surface area (TPSA) is 49.8 Å². The zero-order valence-corrected chi connectivity index (χ0v) is 11.6. The third kappa shape index (κ3) is 2.65. The second kappa shape index (κ2) is 5.35. The number of hydrogen-bond acceptors (Lipinski definition) is 3. The third-order valence-corrected chi connectivity index (χ3v) is 4.34. The SMILES string of the molecule is C[C@@H]1C[C@H]2[C@H](C[C@@H](C(=O)O)N2Cc2cc(F)ccc2F)O1. The normalized spacial score (nSPS) is 32.3. The van der Waals surface area contributed by atoms with Crippen LogP contribution >= 0.6 is 0 Å². The quantitative estimate of drug-likeness (QED) is 0.929. The number of likely N-dealkylation sites (tertiary alicyclic amines) is 1. The summed E-state index contributed by atoms with van der Waals surface area (Å²) in [7, 11) is 0. The molecule has 1 aromatic carbocycles. The number of carboxylic acid groups (broad SMARTS) is 1. The molecule has 0 bridgehead atoms. The Morgan fingerprint density at radius 3 is 2.90 bits per heavy atom. The van der Waals surface area contributed by atoms with Crippen molar-refractivity contribution in [3.8, 4) is 0 Å². The molecule has 1 N–H and O–H groups in total. The van der Waals surface area contributed by atoms with E-state index in [4.69, 9.17) is 4.74 Å². The number of carboxylic acids is 1. The molecule has 0 radical (unpaired) electrons. The van der Waals surface area contributed by atoms with Gasteiger partial charge in [-0.05, 0) is 31.5 Å². The highest BCUT2D eigenvalue weighted by molar-refractivity contribution is 5.74. The molecule has 0 unspecified atom stereocenters. The summed E-state index contributed by atoms with van der Waals surface area (Å²) in [5.74, 6) is -1.99. The van der Waals surface area contributed by atoms with Crippen molar-refractivity contribution in [3.05, 3.63) is 35.4 Å². The van der Waals surface area contributed by atoms with Gasteiger partial charge in [0.1, 0.15) is 17.7 Å². The number of aliphatic carboxylic acids is 1. The Morgan fingerprint density at radius 1 is 1.43 bits per heavy atom. The first kappa shape index (κ1) is 14.4. The van der Waals surface area contributed by atoms with Gasteiger partial charge < -0.3 is 9.84 Å². The molecule has 2 heterocycles. The summed E-state index contributed by atoms with van der Waals surface area (Å²) >= 11 is 0. The number of halogens is 2. The van der Waals surface area contributed by atoms with Crippen LogP contribution in [0.4, 0.5) is 8.78 Å². The number of fused-ring (bicyclic) bond motifs is 1. The van der Waals surface area contributed by atoms with E-state index in [1.807, 2.05) is 6.92 Å². The van der Waals surface area contributed by atoms with Gasteiger partial charge in [-0.1, -0.05) is 0 Å². The number of carbonyl (C=O) groups is 1. The van der Waals surface area contributed by atoms with Crippen molar-refractivity contribution in [1.82, 2.24) is 4.90 Å². The van der Waals surface area contributed by atoms with Gasteiger partial charge in [0.15, 0.2) is 0 Å². The van der Waals surface area contributed by atoms with E-state index >= 15 is 0 Å². The number of benzene rings is 1. The van der Waals surface area contributed by atoms with E-state index in [0.29, 0.717) is 12.8 Å². The molecule has 0 amide bonds. The molecule has 2 saturated heterocycles. The smallest absolute Gasteiger partial charge is 0.321 e. The van der Waals surface area contributed by atoms with Gasteiger partial charge in [-0.25, -0.2) is 8.78 Å². The van der Waals surface area contributed by atoms with Gasteiger partial charge in [-0.2, -0.15) is 0 Å². The van der Waals surface area contributed by atoms with Crippen LogP contribution in [0.1, 0.15) is 25.3 Å². The molecule has 0 aromatic heterocycles. The summed E-state index contributed by atoms with van der Waals surface area (Å²) in [6.45, 7) is 2.02. The van der Waals surface area contributed by atoms with Crippen molar-refractivity contribution in [1.29, 1.82) is 0 Å². The van der Waals surface area contributed by atoms with Crippen molar-refractivity contribution in [3.63, 3.8) is 0 Å². The Kier molecular flexibility index (Phi) is 3.67. The Morgan fingerprint density at radius 2 is 2.19 bits per heavy atom. The maximum Gasteiger partial charge on any atom is 0.321 e. The highest BCUT2D eigenvalue weighted by atomic mass is 19.1. The minimum atomic E-state index is -0.947.